The van der Waals surface area contributed by atoms with Crippen LogP contribution in [0.5, 0.6) is 11.5 Å². The highest BCUT2D eigenvalue weighted by atomic mass is 16.6. The van der Waals surface area contributed by atoms with Crippen LogP contribution in [0, 0.1) is 12.3 Å². The van der Waals surface area contributed by atoms with Crippen molar-refractivity contribution in [1.82, 2.24) is 4.98 Å². The molecule has 108 valence electrons. The van der Waals surface area contributed by atoms with Crippen molar-refractivity contribution < 1.29 is 9.47 Å². The molecular formula is C17H18N2O2. The molecule has 0 fully saturated rings. The van der Waals surface area contributed by atoms with E-state index in [9.17, 15) is 0 Å². The van der Waals surface area contributed by atoms with Gasteiger partial charge in [0, 0.05) is 24.0 Å². The number of rotatable bonds is 4. The Bertz CT molecular complexity index is 691. The van der Waals surface area contributed by atoms with E-state index in [0.717, 1.165) is 34.5 Å². The maximum Gasteiger partial charge on any atom is 0.162 e. The summed E-state index contributed by atoms with van der Waals surface area (Å²) in [4.78, 5) is 4.45. The minimum Gasteiger partial charge on any atom is -0.486 e. The van der Waals surface area contributed by atoms with Crippen LogP contribution in [0.4, 0.5) is 5.82 Å². The molecule has 1 unspecified atom stereocenters. The highest BCUT2D eigenvalue weighted by Gasteiger charge is 2.15. The van der Waals surface area contributed by atoms with Gasteiger partial charge in [-0.15, -0.1) is 12.3 Å². The van der Waals surface area contributed by atoms with Crippen molar-refractivity contribution in [2.45, 2.75) is 25.8 Å². The van der Waals surface area contributed by atoms with Crippen LogP contribution in [0.25, 0.3) is 10.8 Å². The second-order valence-electron chi connectivity index (χ2n) is 5.03. The molecule has 1 aliphatic rings. The third-order valence-electron chi connectivity index (χ3n) is 3.63. The summed E-state index contributed by atoms with van der Waals surface area (Å²) < 4.78 is 11.3. The SMILES string of the molecule is C#CCC(CC)Nc1nccc2cc3c(cc12)OCCO3. The molecule has 0 bridgehead atoms. The highest BCUT2D eigenvalue weighted by molar-refractivity contribution is 5.94. The fourth-order valence-electron chi connectivity index (χ4n) is 2.46. The van der Waals surface area contributed by atoms with Crippen LogP contribution in [0.2, 0.25) is 0 Å². The van der Waals surface area contributed by atoms with E-state index in [1.165, 1.54) is 0 Å². The fraction of sp³-hybridized carbons (Fsp3) is 0.353. The van der Waals surface area contributed by atoms with Crippen molar-refractivity contribution in [2.24, 2.45) is 0 Å². The monoisotopic (exact) mass is 282 g/mol. The molecule has 3 rings (SSSR count). The summed E-state index contributed by atoms with van der Waals surface area (Å²) in [6.45, 7) is 3.28. The number of anilines is 1. The smallest absolute Gasteiger partial charge is 0.162 e. The fourth-order valence-corrected chi connectivity index (χ4v) is 2.46. The van der Waals surface area contributed by atoms with Gasteiger partial charge in [0.25, 0.3) is 0 Å². The molecule has 1 atom stereocenters. The summed E-state index contributed by atoms with van der Waals surface area (Å²) in [5.74, 6) is 5.11. The van der Waals surface area contributed by atoms with E-state index in [1.807, 2.05) is 18.2 Å². The predicted octanol–water partition coefficient (Wildman–Crippen LogP) is 3.22. The van der Waals surface area contributed by atoms with Crippen molar-refractivity contribution in [3.05, 3.63) is 24.4 Å². The van der Waals surface area contributed by atoms with Crippen LogP contribution >= 0.6 is 0 Å². The number of fused-ring (bicyclic) bond motifs is 2. The third kappa shape index (κ3) is 2.73. The first-order valence-corrected chi connectivity index (χ1v) is 7.20. The lowest BCUT2D eigenvalue weighted by Crippen LogP contribution is -2.19. The largest absolute Gasteiger partial charge is 0.486 e. The Morgan fingerprint density at radius 3 is 2.81 bits per heavy atom. The summed E-state index contributed by atoms with van der Waals surface area (Å²) in [7, 11) is 0. The lowest BCUT2D eigenvalue weighted by molar-refractivity contribution is 0.172. The van der Waals surface area contributed by atoms with Crippen LogP contribution in [-0.4, -0.2) is 24.2 Å². The van der Waals surface area contributed by atoms with Crippen molar-refractivity contribution in [1.29, 1.82) is 0 Å². The van der Waals surface area contributed by atoms with E-state index in [1.54, 1.807) is 6.20 Å². The van der Waals surface area contributed by atoms with Crippen LogP contribution in [0.3, 0.4) is 0 Å². The Balaban J connectivity index is 2.01. The van der Waals surface area contributed by atoms with Crippen molar-refractivity contribution in [3.63, 3.8) is 0 Å². The Kier molecular flexibility index (Phi) is 3.83. The average molecular weight is 282 g/mol. The minimum atomic E-state index is 0.223. The molecule has 2 heterocycles. The molecule has 21 heavy (non-hydrogen) atoms. The first-order valence-electron chi connectivity index (χ1n) is 7.20. The second kappa shape index (κ2) is 5.92. The molecule has 2 aromatic rings. The zero-order valence-corrected chi connectivity index (χ0v) is 12.1. The van der Waals surface area contributed by atoms with Gasteiger partial charge in [0.1, 0.15) is 19.0 Å². The Morgan fingerprint density at radius 1 is 1.33 bits per heavy atom. The zero-order valence-electron chi connectivity index (χ0n) is 12.1. The quantitative estimate of drug-likeness (QED) is 0.874. The Hall–Kier alpha value is -2.41. The van der Waals surface area contributed by atoms with Gasteiger partial charge in [-0.2, -0.15) is 0 Å². The molecule has 0 spiro atoms. The van der Waals surface area contributed by atoms with Gasteiger partial charge < -0.3 is 14.8 Å². The first kappa shape index (κ1) is 13.6. The van der Waals surface area contributed by atoms with Gasteiger partial charge in [0.05, 0.1) is 0 Å². The molecular weight excluding hydrogens is 264 g/mol. The van der Waals surface area contributed by atoms with Crippen molar-refractivity contribution in [2.75, 3.05) is 18.5 Å². The van der Waals surface area contributed by atoms with Crippen LogP contribution in [-0.2, 0) is 0 Å². The molecule has 0 radical (unpaired) electrons. The molecule has 1 aromatic heterocycles. The van der Waals surface area contributed by atoms with Crippen LogP contribution < -0.4 is 14.8 Å². The number of terminal acetylenes is 1. The van der Waals surface area contributed by atoms with E-state index >= 15 is 0 Å². The number of pyridine rings is 1. The van der Waals surface area contributed by atoms with Gasteiger partial charge in [-0.1, -0.05) is 6.92 Å². The van der Waals surface area contributed by atoms with Gasteiger partial charge in [0.2, 0.25) is 0 Å². The lowest BCUT2D eigenvalue weighted by atomic mass is 10.1. The third-order valence-corrected chi connectivity index (χ3v) is 3.63. The molecule has 1 aliphatic heterocycles. The van der Waals surface area contributed by atoms with Gasteiger partial charge in [-0.25, -0.2) is 4.98 Å². The summed E-state index contributed by atoms with van der Waals surface area (Å²) in [5.41, 5.74) is 0. The lowest BCUT2D eigenvalue weighted by Gasteiger charge is -2.20. The molecule has 0 amide bonds. The Morgan fingerprint density at radius 2 is 2.10 bits per heavy atom. The average Bonchev–Trinajstić information content (AvgIpc) is 2.53. The number of nitrogens with zero attached hydrogens (tertiary/aromatic N) is 1. The molecule has 4 nitrogen and oxygen atoms in total. The number of ether oxygens (including phenoxy) is 2. The zero-order chi connectivity index (χ0) is 14.7. The number of hydrogen-bond acceptors (Lipinski definition) is 4. The molecule has 4 heteroatoms. The summed E-state index contributed by atoms with van der Waals surface area (Å²) in [5, 5.41) is 5.53. The van der Waals surface area contributed by atoms with Gasteiger partial charge in [0.15, 0.2) is 11.5 Å². The maximum absolute atomic E-state index is 5.65. The minimum absolute atomic E-state index is 0.223. The molecule has 0 saturated carbocycles. The summed E-state index contributed by atoms with van der Waals surface area (Å²) in [6.07, 6.45) is 8.84. The van der Waals surface area contributed by atoms with E-state index in [2.05, 4.69) is 23.1 Å². The molecule has 0 aliphatic carbocycles. The Labute approximate surface area is 124 Å². The molecule has 1 N–H and O–H groups in total. The van der Waals surface area contributed by atoms with E-state index < -0.39 is 0 Å². The number of hydrogen-bond donors (Lipinski definition) is 1. The van der Waals surface area contributed by atoms with E-state index in [0.29, 0.717) is 19.6 Å². The van der Waals surface area contributed by atoms with Gasteiger partial charge in [-0.05, 0) is 30.0 Å². The van der Waals surface area contributed by atoms with Crippen molar-refractivity contribution in [3.8, 4) is 23.8 Å². The van der Waals surface area contributed by atoms with Crippen LogP contribution in [0.15, 0.2) is 24.4 Å². The normalized spacial score (nSPS) is 14.5. The topological polar surface area (TPSA) is 43.4 Å². The van der Waals surface area contributed by atoms with E-state index in [-0.39, 0.29) is 6.04 Å². The van der Waals surface area contributed by atoms with Crippen LogP contribution in [0.1, 0.15) is 19.8 Å². The highest BCUT2D eigenvalue weighted by Crippen LogP contribution is 2.36. The predicted molar refractivity (Wildman–Crippen MR) is 83.9 cm³/mol. The summed E-state index contributed by atoms with van der Waals surface area (Å²) >= 11 is 0. The summed E-state index contributed by atoms with van der Waals surface area (Å²) in [6, 6.07) is 6.18. The number of aromatic nitrogens is 1. The number of nitrogens with one attached hydrogen (secondary N) is 1. The molecule has 0 saturated heterocycles. The standard InChI is InChI=1S/C17H18N2O2/c1-3-5-13(4-2)19-17-14-11-16-15(20-8-9-21-16)10-12(14)6-7-18-17/h1,6-7,10-11,13H,4-5,8-9H2,2H3,(H,18,19). The molecule has 1 aromatic carbocycles. The first-order chi connectivity index (χ1) is 10.3. The maximum atomic E-state index is 5.65. The van der Waals surface area contributed by atoms with Gasteiger partial charge >= 0.3 is 0 Å². The van der Waals surface area contributed by atoms with Gasteiger partial charge in [-0.3, -0.25) is 0 Å². The van der Waals surface area contributed by atoms with E-state index in [4.69, 9.17) is 15.9 Å². The number of benzene rings is 1. The van der Waals surface area contributed by atoms with Crippen molar-refractivity contribution >= 4 is 16.6 Å². The second-order valence-corrected chi connectivity index (χ2v) is 5.03.